The van der Waals surface area contributed by atoms with Crippen LogP contribution in [0.1, 0.15) is 40.0 Å². The molecule has 1 saturated carbocycles. The Hall–Kier alpha value is -0.220. The lowest BCUT2D eigenvalue weighted by Gasteiger charge is -2.38. The average Bonchev–Trinajstić information content (AvgIpc) is 2.02. The maximum Gasteiger partial charge on any atom is 0.137 e. The first-order valence-electron chi connectivity index (χ1n) is 4.97. The summed E-state index contributed by atoms with van der Waals surface area (Å²) in [6, 6.07) is 0. The number of carbonyl (C=O) groups excluding carboxylic acids is 1. The molecule has 1 fully saturated rings. The fourth-order valence-corrected chi connectivity index (χ4v) is 2.53. The molecule has 0 aromatic rings. The van der Waals surface area contributed by atoms with Crippen LogP contribution in [0.25, 0.3) is 0 Å². The van der Waals surface area contributed by atoms with E-state index in [1.807, 2.05) is 6.92 Å². The van der Waals surface area contributed by atoms with Crippen molar-refractivity contribution in [1.82, 2.24) is 0 Å². The topological polar surface area (TPSA) is 57.2 Å². The van der Waals surface area contributed by atoms with Crippen LogP contribution in [-0.2, 0) is 15.9 Å². The van der Waals surface area contributed by atoms with Crippen LogP contribution in [0.15, 0.2) is 0 Å². The Morgan fingerprint density at radius 3 is 2.43 bits per heavy atom. The summed E-state index contributed by atoms with van der Waals surface area (Å²) >= 11 is -2.18. The molecule has 14 heavy (non-hydrogen) atoms. The first kappa shape index (κ1) is 11.9. The number of ketones is 1. The van der Waals surface area contributed by atoms with Crippen LogP contribution in [0.3, 0.4) is 0 Å². The molecule has 1 aliphatic rings. The van der Waals surface area contributed by atoms with Crippen molar-refractivity contribution < 1.29 is 13.6 Å². The van der Waals surface area contributed by atoms with Crippen molar-refractivity contribution in [1.29, 1.82) is 0 Å². The van der Waals surface area contributed by atoms with Gasteiger partial charge in [0.05, 0.1) is 0 Å². The van der Waals surface area contributed by atoms with Gasteiger partial charge in [-0.15, -0.1) is 0 Å². The lowest BCUT2D eigenvalue weighted by atomic mass is 9.76. The highest BCUT2D eigenvalue weighted by Gasteiger charge is 2.38. The lowest BCUT2D eigenvalue weighted by molar-refractivity contribution is -0.126. The van der Waals surface area contributed by atoms with Gasteiger partial charge in [0.1, 0.15) is 5.78 Å². The summed E-state index contributed by atoms with van der Waals surface area (Å²) in [5.74, 6) is 0.213. The molecule has 4 heteroatoms. The molecule has 1 aliphatic carbocycles. The zero-order chi connectivity index (χ0) is 10.9. The molecule has 3 nitrogen and oxygen atoms in total. The normalized spacial score (nSPS) is 31.6. The van der Waals surface area contributed by atoms with Gasteiger partial charge in [-0.2, -0.15) is 0 Å². The average molecular weight is 217 g/mol. The molecule has 1 rings (SSSR count). The number of hydrogen-bond acceptors (Lipinski definition) is 3. The van der Waals surface area contributed by atoms with Gasteiger partial charge >= 0.3 is 0 Å². The van der Waals surface area contributed by atoms with Crippen LogP contribution in [0, 0.1) is 11.8 Å². The molecule has 3 atom stereocenters. The van der Waals surface area contributed by atoms with E-state index in [-0.39, 0.29) is 11.7 Å². The van der Waals surface area contributed by atoms with Gasteiger partial charge < -0.3 is 4.55 Å². The first-order valence-corrected chi connectivity index (χ1v) is 6.05. The fraction of sp³-hybridized carbons (Fsp3) is 0.900. The van der Waals surface area contributed by atoms with Crippen LogP contribution in [0.4, 0.5) is 0 Å². The molecule has 0 amide bonds. The van der Waals surface area contributed by atoms with Crippen LogP contribution in [-0.4, -0.2) is 19.3 Å². The Kier molecular flexibility index (Phi) is 3.48. The highest BCUT2D eigenvalue weighted by Crippen LogP contribution is 2.35. The Morgan fingerprint density at radius 2 is 2.00 bits per heavy atom. The summed E-state index contributed by atoms with van der Waals surface area (Å²) in [5.41, 5.74) is 0. The van der Waals surface area contributed by atoms with Gasteiger partial charge in [-0.1, -0.05) is 6.92 Å². The number of rotatable bonds is 2. The van der Waals surface area contributed by atoms with Crippen LogP contribution >= 0.6 is 0 Å². The third-order valence-corrected chi connectivity index (χ3v) is 4.30. The molecule has 0 aromatic heterocycles. The molecule has 0 radical (unpaired) electrons. The smallest absolute Gasteiger partial charge is 0.137 e. The quantitative estimate of drug-likeness (QED) is 0.661. The van der Waals surface area contributed by atoms with Gasteiger partial charge in [0.25, 0.3) is 0 Å². The van der Waals surface area contributed by atoms with Gasteiger partial charge in [0, 0.05) is 17.1 Å². The molecular weight excluding hydrogens is 200 g/mol. The zero-order valence-corrected chi connectivity index (χ0v) is 9.73. The van der Waals surface area contributed by atoms with E-state index < -0.39 is 15.8 Å². The van der Waals surface area contributed by atoms with E-state index in [0.717, 1.165) is 6.42 Å². The van der Waals surface area contributed by atoms with E-state index >= 15 is 0 Å². The van der Waals surface area contributed by atoms with Crippen molar-refractivity contribution in [3.63, 3.8) is 0 Å². The second-order valence-corrected chi connectivity index (χ2v) is 6.27. The molecule has 0 aromatic carbocycles. The molecule has 82 valence electrons. The van der Waals surface area contributed by atoms with Crippen molar-refractivity contribution >= 4 is 16.9 Å². The summed E-state index contributed by atoms with van der Waals surface area (Å²) in [4.78, 5) is 11.7. The van der Waals surface area contributed by atoms with Gasteiger partial charge in [-0.25, -0.2) is 0 Å². The molecule has 0 heterocycles. The van der Waals surface area contributed by atoms with Crippen LogP contribution in [0.5, 0.6) is 0 Å². The first-order chi connectivity index (χ1) is 6.35. The summed E-state index contributed by atoms with van der Waals surface area (Å²) < 4.78 is 21.1. The minimum absolute atomic E-state index is 0.109. The minimum Gasteiger partial charge on any atom is -0.772 e. The van der Waals surface area contributed by atoms with Gasteiger partial charge in [-0.3, -0.25) is 9.00 Å². The second kappa shape index (κ2) is 4.11. The Bertz CT molecular complexity index is 260. The highest BCUT2D eigenvalue weighted by molar-refractivity contribution is 7.80. The predicted octanol–water partition coefficient (Wildman–Crippen LogP) is 1.65. The maximum atomic E-state index is 11.7. The molecule has 0 N–H and O–H groups in total. The van der Waals surface area contributed by atoms with Crippen molar-refractivity contribution in [3.05, 3.63) is 0 Å². The zero-order valence-electron chi connectivity index (χ0n) is 8.91. The van der Waals surface area contributed by atoms with Crippen molar-refractivity contribution in [3.8, 4) is 0 Å². The SMILES string of the molecule is CC1CCC(C(C)(C)S(=O)[O-])C(=O)C1. The monoisotopic (exact) mass is 217 g/mol. The molecular formula is C10H17O3S-. The predicted molar refractivity (Wildman–Crippen MR) is 54.5 cm³/mol. The lowest BCUT2D eigenvalue weighted by Crippen LogP contribution is -2.43. The standard InChI is InChI=1S/C10H18O3S/c1-7-4-5-8(9(11)6-7)10(2,3)14(12)13/h7-8H,4-6H2,1-3H3,(H,12,13)/p-1. The van der Waals surface area contributed by atoms with Crippen molar-refractivity contribution in [2.75, 3.05) is 0 Å². The summed E-state index contributed by atoms with van der Waals surface area (Å²) in [7, 11) is 0. The highest BCUT2D eigenvalue weighted by atomic mass is 32.2. The molecule has 0 bridgehead atoms. The van der Waals surface area contributed by atoms with Crippen molar-refractivity contribution in [2.45, 2.75) is 44.8 Å². The Labute approximate surface area is 87.6 Å². The number of hydrogen-bond donors (Lipinski definition) is 0. The largest absolute Gasteiger partial charge is 0.772 e. The molecule has 3 unspecified atom stereocenters. The molecule has 0 saturated heterocycles. The number of carbonyl (C=O) groups is 1. The summed E-state index contributed by atoms with van der Waals surface area (Å²) in [5, 5.41) is 0. The van der Waals surface area contributed by atoms with E-state index in [1.54, 1.807) is 13.8 Å². The third kappa shape index (κ3) is 2.23. The van der Waals surface area contributed by atoms with Crippen LogP contribution in [0.2, 0.25) is 0 Å². The fourth-order valence-electron chi connectivity index (χ4n) is 2.05. The van der Waals surface area contributed by atoms with E-state index in [0.29, 0.717) is 18.8 Å². The summed E-state index contributed by atoms with van der Waals surface area (Å²) in [6.45, 7) is 5.30. The number of Topliss-reactive ketones (excluding diaryl/α,β-unsaturated/α-hetero) is 1. The van der Waals surface area contributed by atoms with Gasteiger partial charge in [-0.05, 0) is 43.7 Å². The Balaban J connectivity index is 2.79. The van der Waals surface area contributed by atoms with Gasteiger partial charge in [0.2, 0.25) is 0 Å². The molecule has 0 spiro atoms. The second-order valence-electron chi connectivity index (χ2n) is 4.74. The molecule has 0 aliphatic heterocycles. The van der Waals surface area contributed by atoms with Crippen molar-refractivity contribution in [2.24, 2.45) is 11.8 Å². The summed E-state index contributed by atoms with van der Waals surface area (Å²) in [6.07, 6.45) is 2.20. The van der Waals surface area contributed by atoms with E-state index in [1.165, 1.54) is 0 Å². The van der Waals surface area contributed by atoms with Gasteiger partial charge in [0.15, 0.2) is 0 Å². The minimum atomic E-state index is -2.18. The Morgan fingerprint density at radius 1 is 1.43 bits per heavy atom. The van der Waals surface area contributed by atoms with E-state index in [9.17, 15) is 13.6 Å². The van der Waals surface area contributed by atoms with E-state index in [2.05, 4.69) is 0 Å². The third-order valence-electron chi connectivity index (χ3n) is 3.16. The van der Waals surface area contributed by atoms with E-state index in [4.69, 9.17) is 0 Å². The maximum absolute atomic E-state index is 11.7. The van der Waals surface area contributed by atoms with Crippen LogP contribution < -0.4 is 0 Å².